The van der Waals surface area contributed by atoms with E-state index in [1.807, 2.05) is 42.5 Å². The molecule has 5 rings (SSSR count). The Bertz CT molecular complexity index is 1390. The van der Waals surface area contributed by atoms with Crippen LogP contribution in [0.4, 0.5) is 10.1 Å². The molecule has 0 saturated carbocycles. The lowest BCUT2D eigenvalue weighted by Gasteiger charge is -2.31. The van der Waals surface area contributed by atoms with Crippen molar-refractivity contribution in [3.05, 3.63) is 102 Å². The van der Waals surface area contributed by atoms with Crippen LogP contribution in [-0.2, 0) is 22.6 Å². The average molecular weight is 500 g/mol. The van der Waals surface area contributed by atoms with Crippen LogP contribution >= 0.6 is 0 Å². The van der Waals surface area contributed by atoms with Crippen molar-refractivity contribution in [2.45, 2.75) is 32.0 Å². The summed E-state index contributed by atoms with van der Waals surface area (Å²) in [7, 11) is 1.60. The van der Waals surface area contributed by atoms with E-state index in [9.17, 15) is 14.0 Å². The predicted molar refractivity (Wildman–Crippen MR) is 142 cm³/mol. The SMILES string of the molecule is CN(C(=O)c1cc2ccccc2n1CC(=O)OC1CCN(Cc2ccccc2)CC1)c1cccc(F)c1. The molecule has 0 spiro atoms. The Kier molecular flexibility index (Phi) is 7.32. The van der Waals surface area contributed by atoms with Gasteiger partial charge >= 0.3 is 5.97 Å². The van der Waals surface area contributed by atoms with E-state index in [2.05, 4.69) is 17.0 Å². The van der Waals surface area contributed by atoms with Crippen LogP contribution in [0.5, 0.6) is 0 Å². The number of benzene rings is 3. The van der Waals surface area contributed by atoms with Gasteiger partial charge in [0.05, 0.1) is 0 Å². The minimum atomic E-state index is -0.420. The maximum atomic E-state index is 13.8. The first-order valence-corrected chi connectivity index (χ1v) is 12.6. The molecule has 1 amide bonds. The smallest absolute Gasteiger partial charge is 0.326 e. The van der Waals surface area contributed by atoms with Crippen molar-refractivity contribution in [1.29, 1.82) is 0 Å². The Morgan fingerprint density at radius 1 is 0.946 bits per heavy atom. The lowest BCUT2D eigenvalue weighted by molar-refractivity contribution is -0.152. The first kappa shape index (κ1) is 24.7. The molecular formula is C30H30FN3O3. The number of hydrogen-bond acceptors (Lipinski definition) is 4. The second-order valence-electron chi connectivity index (χ2n) is 9.47. The summed E-state index contributed by atoms with van der Waals surface area (Å²) in [4.78, 5) is 30.2. The van der Waals surface area contributed by atoms with Gasteiger partial charge in [-0.2, -0.15) is 0 Å². The zero-order chi connectivity index (χ0) is 25.8. The maximum absolute atomic E-state index is 13.8. The van der Waals surface area contributed by atoms with Crippen LogP contribution in [0.3, 0.4) is 0 Å². The zero-order valence-corrected chi connectivity index (χ0v) is 20.8. The summed E-state index contributed by atoms with van der Waals surface area (Å²) in [5.74, 6) is -1.12. The van der Waals surface area contributed by atoms with Gasteiger partial charge in [-0.25, -0.2) is 4.39 Å². The molecule has 2 heterocycles. The Morgan fingerprint density at radius 2 is 1.68 bits per heavy atom. The van der Waals surface area contributed by atoms with Gasteiger partial charge in [-0.1, -0.05) is 54.6 Å². The highest BCUT2D eigenvalue weighted by atomic mass is 19.1. The van der Waals surface area contributed by atoms with Gasteiger partial charge in [0.25, 0.3) is 5.91 Å². The van der Waals surface area contributed by atoms with Crippen molar-refractivity contribution in [3.8, 4) is 0 Å². The van der Waals surface area contributed by atoms with Gasteiger partial charge in [0, 0.05) is 43.3 Å². The van der Waals surface area contributed by atoms with Gasteiger partial charge in [-0.3, -0.25) is 14.5 Å². The molecule has 190 valence electrons. The van der Waals surface area contributed by atoms with Gasteiger partial charge in [0.1, 0.15) is 24.2 Å². The van der Waals surface area contributed by atoms with Crippen LogP contribution in [0.1, 0.15) is 28.9 Å². The number of ether oxygens (including phenoxy) is 1. The number of para-hydroxylation sites is 1. The van der Waals surface area contributed by atoms with Crippen molar-refractivity contribution in [1.82, 2.24) is 9.47 Å². The van der Waals surface area contributed by atoms with Crippen molar-refractivity contribution in [3.63, 3.8) is 0 Å². The summed E-state index contributed by atoms with van der Waals surface area (Å²) < 4.78 is 21.3. The quantitative estimate of drug-likeness (QED) is 0.325. The molecule has 7 heteroatoms. The number of hydrogen-bond donors (Lipinski definition) is 0. The summed E-state index contributed by atoms with van der Waals surface area (Å²) in [6.45, 7) is 2.54. The number of fused-ring (bicyclic) bond motifs is 1. The van der Waals surface area contributed by atoms with Crippen LogP contribution in [0.25, 0.3) is 10.9 Å². The molecule has 0 atom stereocenters. The molecule has 0 N–H and O–H groups in total. The topological polar surface area (TPSA) is 54.8 Å². The molecule has 4 aromatic rings. The highest BCUT2D eigenvalue weighted by Gasteiger charge is 2.25. The first-order chi connectivity index (χ1) is 18.0. The van der Waals surface area contributed by atoms with Crippen LogP contribution in [0.15, 0.2) is 84.9 Å². The summed E-state index contributed by atoms with van der Waals surface area (Å²) >= 11 is 0. The lowest BCUT2D eigenvalue weighted by Crippen LogP contribution is -2.38. The number of anilines is 1. The number of halogens is 1. The van der Waals surface area contributed by atoms with Crippen LogP contribution in [0.2, 0.25) is 0 Å². The molecule has 1 aliphatic rings. The van der Waals surface area contributed by atoms with Gasteiger partial charge in [-0.15, -0.1) is 0 Å². The molecule has 1 aliphatic heterocycles. The largest absolute Gasteiger partial charge is 0.461 e. The summed E-state index contributed by atoms with van der Waals surface area (Å²) in [5, 5.41) is 0.848. The van der Waals surface area contributed by atoms with E-state index in [4.69, 9.17) is 4.74 Å². The third-order valence-electron chi connectivity index (χ3n) is 6.90. The molecule has 3 aromatic carbocycles. The molecule has 1 fully saturated rings. The molecule has 0 aliphatic carbocycles. The van der Waals surface area contributed by atoms with Gasteiger partial charge in [-0.05, 0) is 48.7 Å². The van der Waals surface area contributed by atoms with Crippen molar-refractivity contribution in [2.24, 2.45) is 0 Å². The van der Waals surface area contributed by atoms with E-state index in [-0.39, 0.29) is 24.5 Å². The van der Waals surface area contributed by atoms with Crippen molar-refractivity contribution >= 4 is 28.5 Å². The molecule has 37 heavy (non-hydrogen) atoms. The van der Waals surface area contributed by atoms with E-state index >= 15 is 0 Å². The number of nitrogens with zero attached hydrogens (tertiary/aromatic N) is 3. The summed E-state index contributed by atoms with van der Waals surface area (Å²) in [6.07, 6.45) is 1.41. The number of carbonyl (C=O) groups is 2. The predicted octanol–water partition coefficient (Wildman–Crippen LogP) is 5.26. The number of piperidine rings is 1. The van der Waals surface area contributed by atoms with E-state index in [0.717, 1.165) is 43.4 Å². The minimum Gasteiger partial charge on any atom is -0.461 e. The Hall–Kier alpha value is -3.97. The van der Waals surface area contributed by atoms with E-state index in [1.165, 1.54) is 22.6 Å². The van der Waals surface area contributed by atoms with Crippen LogP contribution < -0.4 is 4.90 Å². The summed E-state index contributed by atoms with van der Waals surface area (Å²) in [6, 6.07) is 25.5. The van der Waals surface area contributed by atoms with Crippen molar-refractivity contribution < 1.29 is 18.7 Å². The summed E-state index contributed by atoms with van der Waals surface area (Å²) in [5.41, 5.74) is 2.83. The van der Waals surface area contributed by atoms with Crippen LogP contribution in [-0.4, -0.2) is 47.6 Å². The Balaban J connectivity index is 1.27. The lowest BCUT2D eigenvalue weighted by atomic mass is 10.1. The van der Waals surface area contributed by atoms with E-state index < -0.39 is 5.82 Å². The van der Waals surface area contributed by atoms with Gasteiger partial charge in [0.2, 0.25) is 0 Å². The second-order valence-corrected chi connectivity index (χ2v) is 9.47. The van der Waals surface area contributed by atoms with E-state index in [0.29, 0.717) is 11.4 Å². The second kappa shape index (κ2) is 11.0. The standard InChI is InChI=1S/C30H30FN3O3/c1-32(25-12-7-11-24(31)19-25)30(36)28-18-23-10-5-6-13-27(23)34(28)21-29(35)37-26-14-16-33(17-15-26)20-22-8-3-2-4-9-22/h2-13,18-19,26H,14-17,20-21H2,1H3. The third kappa shape index (κ3) is 5.73. The van der Waals surface area contributed by atoms with Crippen LogP contribution in [0, 0.1) is 5.82 Å². The highest BCUT2D eigenvalue weighted by molar-refractivity contribution is 6.08. The average Bonchev–Trinajstić information content (AvgIpc) is 3.27. The molecule has 1 aromatic heterocycles. The van der Waals surface area contributed by atoms with Gasteiger partial charge < -0.3 is 14.2 Å². The fourth-order valence-corrected chi connectivity index (χ4v) is 4.91. The fraction of sp³-hybridized carbons (Fsp3) is 0.267. The number of esters is 1. The minimum absolute atomic E-state index is 0.0736. The zero-order valence-electron chi connectivity index (χ0n) is 20.8. The highest BCUT2D eigenvalue weighted by Crippen LogP contribution is 2.24. The normalized spacial score (nSPS) is 14.5. The molecular weight excluding hydrogens is 469 g/mol. The Labute approximate surface area is 215 Å². The monoisotopic (exact) mass is 499 g/mol. The molecule has 1 saturated heterocycles. The molecule has 0 radical (unpaired) electrons. The number of rotatable bonds is 7. The third-order valence-corrected chi connectivity index (χ3v) is 6.90. The number of amides is 1. The van der Waals surface area contributed by atoms with Gasteiger partial charge in [0.15, 0.2) is 0 Å². The number of aromatic nitrogens is 1. The number of carbonyl (C=O) groups excluding carboxylic acids is 2. The number of likely N-dealkylation sites (tertiary alicyclic amines) is 1. The first-order valence-electron chi connectivity index (χ1n) is 12.6. The van der Waals surface area contributed by atoms with E-state index in [1.54, 1.807) is 29.8 Å². The molecule has 0 bridgehead atoms. The fourth-order valence-electron chi connectivity index (χ4n) is 4.91. The molecule has 0 unspecified atom stereocenters. The maximum Gasteiger partial charge on any atom is 0.326 e. The molecule has 6 nitrogen and oxygen atoms in total. The van der Waals surface area contributed by atoms with Crippen molar-refractivity contribution in [2.75, 3.05) is 25.0 Å². The Morgan fingerprint density at radius 3 is 2.43 bits per heavy atom.